The Morgan fingerprint density at radius 3 is 2.19 bits per heavy atom. The molecule has 1 aliphatic heterocycles. The van der Waals surface area contributed by atoms with E-state index in [2.05, 4.69) is 0 Å². The number of allylic oxidation sites excluding steroid dienone is 1. The number of halogens is 4. The molecule has 3 aromatic carbocycles. The minimum Gasteiger partial charge on any atom is -0.508 e. The Morgan fingerprint density at radius 1 is 0.906 bits per heavy atom. The van der Waals surface area contributed by atoms with E-state index in [4.69, 9.17) is 21.1 Å². The number of phenols is 2. The molecule has 166 valence electrons. The van der Waals surface area contributed by atoms with E-state index < -0.39 is 17.9 Å². The van der Waals surface area contributed by atoms with Crippen molar-refractivity contribution in [3.8, 4) is 23.0 Å². The molecule has 2 N–H and O–H groups in total. The van der Waals surface area contributed by atoms with Gasteiger partial charge in [-0.25, -0.2) is 0 Å². The maximum absolute atomic E-state index is 14.4. The molecule has 0 saturated carbocycles. The second-order valence-corrected chi connectivity index (χ2v) is 7.50. The first-order chi connectivity index (χ1) is 15.3. The zero-order chi connectivity index (χ0) is 22.9. The summed E-state index contributed by atoms with van der Waals surface area (Å²) in [5.41, 5.74) is -0.415. The lowest BCUT2D eigenvalue weighted by molar-refractivity contribution is -0.0695. The number of ether oxygens (including phenoxy) is 2. The van der Waals surface area contributed by atoms with Crippen LogP contribution in [0.5, 0.6) is 23.0 Å². The number of phenolic OH excluding ortho intramolecular Hbond substituents is 2. The van der Waals surface area contributed by atoms with Crippen molar-refractivity contribution in [1.82, 2.24) is 0 Å². The lowest BCUT2D eigenvalue weighted by Crippen LogP contribution is -2.23. The Balaban J connectivity index is 1.92. The molecule has 4 rings (SSSR count). The smallest absolute Gasteiger partial charge is 0.417 e. The molecule has 8 heteroatoms. The molecule has 0 radical (unpaired) electrons. The summed E-state index contributed by atoms with van der Waals surface area (Å²) in [6.07, 6.45) is -5.82. The third kappa shape index (κ3) is 4.34. The zero-order valence-corrected chi connectivity index (χ0v) is 17.3. The van der Waals surface area contributed by atoms with Gasteiger partial charge in [-0.05, 0) is 47.5 Å². The second kappa shape index (κ2) is 8.67. The van der Waals surface area contributed by atoms with Gasteiger partial charge in [-0.3, -0.25) is 0 Å². The van der Waals surface area contributed by atoms with E-state index in [-0.39, 0.29) is 33.9 Å². The van der Waals surface area contributed by atoms with Gasteiger partial charge in [-0.1, -0.05) is 24.3 Å². The number of aromatic hydroxyl groups is 2. The van der Waals surface area contributed by atoms with Gasteiger partial charge in [0.25, 0.3) is 0 Å². The number of hydrogen-bond donors (Lipinski definition) is 2. The number of alkyl halides is 4. The predicted octanol–water partition coefficient (Wildman–Crippen LogP) is 6.32. The third-order valence-electron chi connectivity index (χ3n) is 5.00. The van der Waals surface area contributed by atoms with Gasteiger partial charge in [0, 0.05) is 17.2 Å². The fourth-order valence-electron chi connectivity index (χ4n) is 3.65. The molecule has 0 aliphatic carbocycles. The Morgan fingerprint density at radius 2 is 1.56 bits per heavy atom. The van der Waals surface area contributed by atoms with Crippen LogP contribution in [0.15, 0.2) is 66.7 Å². The summed E-state index contributed by atoms with van der Waals surface area (Å²) >= 11 is 5.63. The van der Waals surface area contributed by atoms with Crippen molar-refractivity contribution in [2.24, 2.45) is 0 Å². The van der Waals surface area contributed by atoms with Crippen LogP contribution in [0.4, 0.5) is 13.2 Å². The van der Waals surface area contributed by atoms with Crippen LogP contribution in [0.25, 0.3) is 11.1 Å². The molecule has 0 aromatic heterocycles. The van der Waals surface area contributed by atoms with E-state index in [0.29, 0.717) is 23.8 Å². The van der Waals surface area contributed by atoms with Crippen LogP contribution >= 0.6 is 11.6 Å². The Kier molecular flexibility index (Phi) is 5.93. The zero-order valence-electron chi connectivity index (χ0n) is 16.6. The topological polar surface area (TPSA) is 58.9 Å². The first-order valence-corrected chi connectivity index (χ1v) is 10.2. The van der Waals surface area contributed by atoms with E-state index in [1.165, 1.54) is 42.5 Å². The summed E-state index contributed by atoms with van der Waals surface area (Å²) in [4.78, 5) is 0. The van der Waals surface area contributed by atoms with Crippen molar-refractivity contribution < 1.29 is 32.9 Å². The predicted molar refractivity (Wildman–Crippen MR) is 115 cm³/mol. The molecule has 1 aliphatic rings. The largest absolute Gasteiger partial charge is 0.508 e. The van der Waals surface area contributed by atoms with Gasteiger partial charge in [-0.2, -0.15) is 13.2 Å². The number of benzene rings is 3. The quantitative estimate of drug-likeness (QED) is 0.435. The normalized spacial score (nSPS) is 15.8. The molecule has 1 atom stereocenters. The van der Waals surface area contributed by atoms with Crippen LogP contribution in [0.3, 0.4) is 0 Å². The highest BCUT2D eigenvalue weighted by molar-refractivity contribution is 6.18. The van der Waals surface area contributed by atoms with Crippen molar-refractivity contribution in [2.75, 3.05) is 12.5 Å². The third-order valence-corrected chi connectivity index (χ3v) is 5.16. The van der Waals surface area contributed by atoms with E-state index >= 15 is 0 Å². The number of fused-ring (bicyclic) bond motifs is 1. The number of rotatable bonds is 5. The van der Waals surface area contributed by atoms with Crippen LogP contribution in [0, 0.1) is 0 Å². The van der Waals surface area contributed by atoms with Crippen molar-refractivity contribution in [3.05, 3.63) is 83.4 Å². The molecule has 1 heterocycles. The molecule has 32 heavy (non-hydrogen) atoms. The molecule has 1 unspecified atom stereocenters. The highest BCUT2D eigenvalue weighted by Crippen LogP contribution is 2.52. The van der Waals surface area contributed by atoms with Gasteiger partial charge in [0.2, 0.25) is 0 Å². The lowest BCUT2D eigenvalue weighted by Gasteiger charge is -2.33. The van der Waals surface area contributed by atoms with Crippen LogP contribution < -0.4 is 9.47 Å². The standard InChI is InChI=1S/C24H18ClF3O4/c25-11-12-31-18-8-3-15(4-9-18)23-21(14-1-5-16(29)6-2-14)22(24(26,27)28)19-10-7-17(30)13-20(19)32-23/h1-10,13,23,29-30H,11-12H2. The van der Waals surface area contributed by atoms with Crippen LogP contribution in [0.1, 0.15) is 22.8 Å². The van der Waals surface area contributed by atoms with Crippen LogP contribution in [-0.2, 0) is 0 Å². The molecule has 0 amide bonds. The van der Waals surface area contributed by atoms with E-state index in [9.17, 15) is 23.4 Å². The summed E-state index contributed by atoms with van der Waals surface area (Å²) in [7, 11) is 0. The van der Waals surface area contributed by atoms with Crippen molar-refractivity contribution in [1.29, 1.82) is 0 Å². The first kappa shape index (κ1) is 21.9. The van der Waals surface area contributed by atoms with Gasteiger partial charge in [0.1, 0.15) is 29.6 Å². The number of hydrogen-bond acceptors (Lipinski definition) is 4. The average Bonchev–Trinajstić information content (AvgIpc) is 2.76. The van der Waals surface area contributed by atoms with Crippen LogP contribution in [0.2, 0.25) is 0 Å². The lowest BCUT2D eigenvalue weighted by atomic mass is 9.85. The molecule has 0 bridgehead atoms. The molecular weight excluding hydrogens is 445 g/mol. The van der Waals surface area contributed by atoms with E-state index in [1.54, 1.807) is 24.3 Å². The minimum atomic E-state index is -4.70. The fourth-order valence-corrected chi connectivity index (χ4v) is 3.73. The van der Waals surface area contributed by atoms with Gasteiger partial charge < -0.3 is 19.7 Å². The molecule has 4 nitrogen and oxygen atoms in total. The minimum absolute atomic E-state index is 0.0673. The summed E-state index contributed by atoms with van der Waals surface area (Å²) in [6.45, 7) is 0.296. The Hall–Kier alpha value is -3.32. The maximum atomic E-state index is 14.4. The molecule has 0 fully saturated rings. The molecule has 0 spiro atoms. The Bertz CT molecular complexity index is 1140. The second-order valence-electron chi connectivity index (χ2n) is 7.12. The van der Waals surface area contributed by atoms with E-state index in [0.717, 1.165) is 0 Å². The fraction of sp³-hybridized carbons (Fsp3) is 0.167. The summed E-state index contributed by atoms with van der Waals surface area (Å²) in [5, 5.41) is 19.5. The maximum Gasteiger partial charge on any atom is 0.417 e. The summed E-state index contributed by atoms with van der Waals surface area (Å²) in [5.74, 6) is 0.474. The highest BCUT2D eigenvalue weighted by Gasteiger charge is 2.44. The molecular formula is C24H18ClF3O4. The average molecular weight is 463 g/mol. The van der Waals surface area contributed by atoms with Gasteiger partial charge in [0.05, 0.1) is 11.5 Å². The first-order valence-electron chi connectivity index (χ1n) is 9.67. The van der Waals surface area contributed by atoms with Gasteiger partial charge in [-0.15, -0.1) is 11.6 Å². The van der Waals surface area contributed by atoms with Gasteiger partial charge in [0.15, 0.2) is 6.10 Å². The van der Waals surface area contributed by atoms with Crippen molar-refractivity contribution in [2.45, 2.75) is 12.3 Å². The molecule has 0 saturated heterocycles. The SMILES string of the molecule is Oc1ccc(C2=C(C(F)(F)F)c3ccc(O)cc3OC2c2ccc(OCCCl)cc2)cc1. The van der Waals surface area contributed by atoms with E-state index in [1.807, 2.05) is 0 Å². The molecule has 3 aromatic rings. The summed E-state index contributed by atoms with van der Waals surface area (Å²) in [6, 6.07) is 15.5. The monoisotopic (exact) mass is 462 g/mol. The van der Waals surface area contributed by atoms with Crippen molar-refractivity contribution >= 4 is 22.7 Å². The van der Waals surface area contributed by atoms with Gasteiger partial charge >= 0.3 is 6.18 Å². The summed E-state index contributed by atoms with van der Waals surface area (Å²) < 4.78 is 54.6. The Labute approximate surface area is 187 Å². The highest BCUT2D eigenvalue weighted by atomic mass is 35.5. The van der Waals surface area contributed by atoms with Crippen LogP contribution in [-0.4, -0.2) is 28.9 Å². The van der Waals surface area contributed by atoms with Crippen molar-refractivity contribution in [3.63, 3.8) is 0 Å².